The molecule has 1 aromatic carbocycles. The molecule has 0 bridgehead atoms. The Balaban J connectivity index is 2.40. The van der Waals surface area contributed by atoms with E-state index in [9.17, 15) is 18.0 Å². The van der Waals surface area contributed by atoms with Crippen LogP contribution in [-0.4, -0.2) is 11.2 Å². The highest BCUT2D eigenvalue weighted by atomic mass is 79.9. The van der Waals surface area contributed by atoms with Crippen molar-refractivity contribution < 1.29 is 27.5 Å². The summed E-state index contributed by atoms with van der Waals surface area (Å²) < 4.78 is 43.1. The van der Waals surface area contributed by atoms with Crippen LogP contribution in [0.4, 0.5) is 18.0 Å². The van der Waals surface area contributed by atoms with Crippen LogP contribution in [0.1, 0.15) is 11.3 Å². The Morgan fingerprint density at radius 3 is 2.63 bits per heavy atom. The third-order valence-corrected chi connectivity index (χ3v) is 3.03. The third kappa shape index (κ3) is 3.01. The van der Waals surface area contributed by atoms with Crippen LogP contribution in [0, 0.1) is 0 Å². The average molecular weight is 338 g/mol. The number of hydrogen-bond acceptors (Lipinski definition) is 2. The lowest BCUT2D eigenvalue weighted by Crippen LogP contribution is -2.19. The summed E-state index contributed by atoms with van der Waals surface area (Å²) in [5.41, 5.74) is -0.787. The maximum absolute atomic E-state index is 12.7. The van der Waals surface area contributed by atoms with Gasteiger partial charge in [0.25, 0.3) is 0 Å². The first-order valence-electron chi connectivity index (χ1n) is 5.03. The van der Waals surface area contributed by atoms with E-state index in [1.54, 1.807) is 0 Å². The standard InChI is InChI=1S/C11H7BrF3NO3/c12-8-2-5-1-6(4-16-10(17)18)19-9(5)3-7(8)11(13,14)15/h1-3,16H,4H2,(H,17,18). The molecule has 0 saturated heterocycles. The Morgan fingerprint density at radius 1 is 1.37 bits per heavy atom. The molecule has 0 saturated carbocycles. The molecular weight excluding hydrogens is 331 g/mol. The van der Waals surface area contributed by atoms with Crippen molar-refractivity contribution in [3.05, 3.63) is 34.0 Å². The van der Waals surface area contributed by atoms with Gasteiger partial charge < -0.3 is 14.8 Å². The molecular formula is C11H7BrF3NO3. The van der Waals surface area contributed by atoms with Gasteiger partial charge in [0.1, 0.15) is 11.3 Å². The smallest absolute Gasteiger partial charge is 0.417 e. The highest BCUT2D eigenvalue weighted by Crippen LogP contribution is 2.37. The Hall–Kier alpha value is -1.70. The lowest BCUT2D eigenvalue weighted by atomic mass is 10.1. The Morgan fingerprint density at radius 2 is 2.05 bits per heavy atom. The van der Waals surface area contributed by atoms with Crippen LogP contribution in [0.2, 0.25) is 0 Å². The van der Waals surface area contributed by atoms with Crippen LogP contribution in [0.15, 0.2) is 27.1 Å². The van der Waals surface area contributed by atoms with Crippen molar-refractivity contribution in [1.82, 2.24) is 5.32 Å². The van der Waals surface area contributed by atoms with E-state index in [0.29, 0.717) is 5.39 Å². The molecule has 19 heavy (non-hydrogen) atoms. The van der Waals surface area contributed by atoms with Gasteiger partial charge in [-0.05, 0) is 18.2 Å². The minimum absolute atomic E-state index is 0.0534. The summed E-state index contributed by atoms with van der Waals surface area (Å²) >= 11 is 2.85. The van der Waals surface area contributed by atoms with Crippen LogP contribution in [0.3, 0.4) is 0 Å². The lowest BCUT2D eigenvalue weighted by molar-refractivity contribution is -0.138. The predicted octanol–water partition coefficient (Wildman–Crippen LogP) is 3.98. The molecule has 0 fully saturated rings. The van der Waals surface area contributed by atoms with Crippen molar-refractivity contribution in [2.45, 2.75) is 12.7 Å². The van der Waals surface area contributed by atoms with E-state index in [-0.39, 0.29) is 22.4 Å². The zero-order chi connectivity index (χ0) is 14.2. The van der Waals surface area contributed by atoms with E-state index in [0.717, 1.165) is 6.07 Å². The average Bonchev–Trinajstić information content (AvgIpc) is 2.65. The summed E-state index contributed by atoms with van der Waals surface area (Å²) in [5.74, 6) is 0.239. The quantitative estimate of drug-likeness (QED) is 0.871. The minimum Gasteiger partial charge on any atom is -0.465 e. The maximum atomic E-state index is 12.7. The van der Waals surface area contributed by atoms with E-state index in [1.165, 1.54) is 12.1 Å². The van der Waals surface area contributed by atoms with Gasteiger partial charge in [0, 0.05) is 9.86 Å². The number of carbonyl (C=O) groups is 1. The van der Waals surface area contributed by atoms with Crippen molar-refractivity contribution >= 4 is 33.0 Å². The Bertz CT molecular complexity index is 636. The number of carboxylic acid groups (broad SMARTS) is 1. The number of alkyl halides is 3. The van der Waals surface area contributed by atoms with Gasteiger partial charge in [-0.3, -0.25) is 0 Å². The van der Waals surface area contributed by atoms with E-state index in [1.807, 2.05) is 0 Å². The monoisotopic (exact) mass is 337 g/mol. The molecule has 1 aromatic heterocycles. The van der Waals surface area contributed by atoms with Crippen molar-refractivity contribution in [1.29, 1.82) is 0 Å². The number of benzene rings is 1. The van der Waals surface area contributed by atoms with Crippen LogP contribution < -0.4 is 5.32 Å². The summed E-state index contributed by atoms with van der Waals surface area (Å²) in [6.07, 6.45) is -5.73. The number of hydrogen-bond donors (Lipinski definition) is 2. The number of rotatable bonds is 2. The predicted molar refractivity (Wildman–Crippen MR) is 63.8 cm³/mol. The molecule has 1 amide bonds. The first-order valence-corrected chi connectivity index (χ1v) is 5.82. The van der Waals surface area contributed by atoms with Crippen molar-refractivity contribution in [3.8, 4) is 0 Å². The van der Waals surface area contributed by atoms with Crippen molar-refractivity contribution in [2.75, 3.05) is 0 Å². The highest BCUT2D eigenvalue weighted by Gasteiger charge is 2.33. The van der Waals surface area contributed by atoms with Crippen LogP contribution in [0.25, 0.3) is 11.0 Å². The molecule has 0 aliphatic rings. The van der Waals surface area contributed by atoms with E-state index in [2.05, 4.69) is 21.2 Å². The Labute approximate surface area is 113 Å². The number of halogens is 4. The molecule has 0 atom stereocenters. The van der Waals surface area contributed by atoms with E-state index < -0.39 is 17.8 Å². The zero-order valence-electron chi connectivity index (χ0n) is 9.21. The summed E-state index contributed by atoms with van der Waals surface area (Å²) in [5, 5.41) is 11.0. The molecule has 0 aliphatic heterocycles. The molecule has 102 valence electrons. The number of nitrogens with one attached hydrogen (secondary N) is 1. The van der Waals surface area contributed by atoms with Gasteiger partial charge >= 0.3 is 12.3 Å². The topological polar surface area (TPSA) is 62.5 Å². The molecule has 8 heteroatoms. The van der Waals surface area contributed by atoms with Gasteiger partial charge in [0.15, 0.2) is 0 Å². The number of fused-ring (bicyclic) bond motifs is 1. The molecule has 0 aliphatic carbocycles. The maximum Gasteiger partial charge on any atom is 0.417 e. The summed E-state index contributed by atoms with van der Waals surface area (Å²) in [6.45, 7) is -0.108. The SMILES string of the molecule is O=C(O)NCc1cc2cc(Br)c(C(F)(F)F)cc2o1. The fraction of sp³-hybridized carbons (Fsp3) is 0.182. The van der Waals surface area contributed by atoms with Gasteiger partial charge in [0.2, 0.25) is 0 Å². The van der Waals surface area contributed by atoms with Gasteiger partial charge in [-0.2, -0.15) is 13.2 Å². The second-order valence-electron chi connectivity index (χ2n) is 3.74. The lowest BCUT2D eigenvalue weighted by Gasteiger charge is -2.08. The molecule has 2 N–H and O–H groups in total. The second kappa shape index (κ2) is 4.76. The summed E-state index contributed by atoms with van der Waals surface area (Å²) in [4.78, 5) is 10.3. The van der Waals surface area contributed by atoms with Crippen molar-refractivity contribution in [3.63, 3.8) is 0 Å². The van der Waals surface area contributed by atoms with Gasteiger partial charge in [0.05, 0.1) is 12.1 Å². The van der Waals surface area contributed by atoms with Gasteiger partial charge in [-0.15, -0.1) is 0 Å². The van der Waals surface area contributed by atoms with Crippen LogP contribution in [0.5, 0.6) is 0 Å². The highest BCUT2D eigenvalue weighted by molar-refractivity contribution is 9.10. The van der Waals surface area contributed by atoms with Gasteiger partial charge in [-0.1, -0.05) is 15.9 Å². The van der Waals surface area contributed by atoms with Crippen LogP contribution in [-0.2, 0) is 12.7 Å². The molecule has 0 spiro atoms. The van der Waals surface area contributed by atoms with Gasteiger partial charge in [-0.25, -0.2) is 4.79 Å². The molecule has 4 nitrogen and oxygen atoms in total. The molecule has 2 rings (SSSR count). The van der Waals surface area contributed by atoms with E-state index >= 15 is 0 Å². The van der Waals surface area contributed by atoms with E-state index in [4.69, 9.17) is 9.52 Å². The number of amides is 1. The first-order chi connectivity index (χ1) is 8.77. The number of furan rings is 1. The second-order valence-corrected chi connectivity index (χ2v) is 4.59. The summed E-state index contributed by atoms with van der Waals surface area (Å²) in [6, 6.07) is 3.64. The minimum atomic E-state index is -4.49. The zero-order valence-corrected chi connectivity index (χ0v) is 10.8. The molecule has 0 radical (unpaired) electrons. The first kappa shape index (κ1) is 13.7. The largest absolute Gasteiger partial charge is 0.465 e. The third-order valence-electron chi connectivity index (χ3n) is 2.38. The molecule has 1 heterocycles. The Kier molecular flexibility index (Phi) is 3.44. The van der Waals surface area contributed by atoms with Crippen LogP contribution >= 0.6 is 15.9 Å². The van der Waals surface area contributed by atoms with Crippen molar-refractivity contribution in [2.24, 2.45) is 0 Å². The summed E-state index contributed by atoms with van der Waals surface area (Å²) in [7, 11) is 0. The molecule has 0 unspecified atom stereocenters. The fourth-order valence-electron chi connectivity index (χ4n) is 1.58. The normalized spacial score (nSPS) is 11.8. The molecule has 2 aromatic rings. The fourth-order valence-corrected chi connectivity index (χ4v) is 2.17.